The lowest BCUT2D eigenvalue weighted by atomic mass is 10.1. The zero-order valence-electron chi connectivity index (χ0n) is 13.4. The quantitative estimate of drug-likeness (QED) is 0.260. The maximum absolute atomic E-state index is 10.3. The maximum atomic E-state index is 10.3. The van der Waals surface area contributed by atoms with Crippen molar-refractivity contribution in [1.82, 2.24) is 0 Å². The van der Waals surface area contributed by atoms with Crippen LogP contribution in [0.3, 0.4) is 0 Å². The summed E-state index contributed by atoms with van der Waals surface area (Å²) in [4.78, 5) is 0. The molecule has 4 nitrogen and oxygen atoms in total. The van der Waals surface area contributed by atoms with Crippen molar-refractivity contribution in [2.24, 2.45) is 0 Å². The van der Waals surface area contributed by atoms with Gasteiger partial charge in [-0.05, 0) is 32.1 Å². The third-order valence-corrected chi connectivity index (χ3v) is 3.85. The van der Waals surface area contributed by atoms with Gasteiger partial charge in [0.2, 0.25) is 0 Å². The lowest BCUT2D eigenvalue weighted by molar-refractivity contribution is 0.261. The molecule has 0 aliphatic carbocycles. The standard InChI is InChI=1S/C16H32O4S/c1-2-3-4-5-6-7-8-9-10-11-12-13-14-15-16-20-21(17,18)19/h9-10H,2-8,11-16H2,1H3,(H,17,18,19)/b10-9+. The summed E-state index contributed by atoms with van der Waals surface area (Å²) in [5, 5.41) is 0. The first-order chi connectivity index (χ1) is 10.1. The van der Waals surface area contributed by atoms with Crippen molar-refractivity contribution in [2.75, 3.05) is 6.61 Å². The Bertz CT molecular complexity index is 336. The molecule has 0 heterocycles. The smallest absolute Gasteiger partial charge is 0.264 e. The molecule has 0 saturated heterocycles. The molecule has 0 aromatic heterocycles. The lowest BCUT2D eigenvalue weighted by Gasteiger charge is -2.00. The van der Waals surface area contributed by atoms with E-state index in [0.717, 1.165) is 25.7 Å². The Kier molecular flexibility index (Phi) is 14.3. The van der Waals surface area contributed by atoms with E-state index in [1.54, 1.807) is 0 Å². The average molecular weight is 320 g/mol. The van der Waals surface area contributed by atoms with Gasteiger partial charge in [-0.25, -0.2) is 4.18 Å². The molecule has 0 bridgehead atoms. The summed E-state index contributed by atoms with van der Waals surface area (Å²) in [7, 11) is -4.25. The summed E-state index contributed by atoms with van der Waals surface area (Å²) in [6, 6.07) is 0. The van der Waals surface area contributed by atoms with Crippen LogP contribution in [0.15, 0.2) is 12.2 Å². The molecule has 0 fully saturated rings. The molecule has 0 aliphatic heterocycles. The summed E-state index contributed by atoms with van der Waals surface area (Å²) in [6.07, 6.45) is 18.7. The second-order valence-corrected chi connectivity index (χ2v) is 6.57. The van der Waals surface area contributed by atoms with Crippen LogP contribution in [-0.2, 0) is 14.6 Å². The van der Waals surface area contributed by atoms with Crippen LogP contribution in [0.4, 0.5) is 0 Å². The zero-order chi connectivity index (χ0) is 15.8. The third kappa shape index (κ3) is 19.6. The van der Waals surface area contributed by atoms with E-state index in [-0.39, 0.29) is 6.61 Å². The first kappa shape index (κ1) is 20.6. The predicted octanol–water partition coefficient (Wildman–Crippen LogP) is 5.06. The second-order valence-electron chi connectivity index (χ2n) is 5.48. The van der Waals surface area contributed by atoms with Crippen LogP contribution in [0, 0.1) is 0 Å². The van der Waals surface area contributed by atoms with E-state index in [4.69, 9.17) is 4.55 Å². The summed E-state index contributed by atoms with van der Waals surface area (Å²) >= 11 is 0. The monoisotopic (exact) mass is 320 g/mol. The number of unbranched alkanes of at least 4 members (excludes halogenated alkanes) is 10. The van der Waals surface area contributed by atoms with Gasteiger partial charge >= 0.3 is 10.4 Å². The van der Waals surface area contributed by atoms with Crippen LogP contribution < -0.4 is 0 Å². The van der Waals surface area contributed by atoms with Gasteiger partial charge in [0.05, 0.1) is 6.61 Å². The van der Waals surface area contributed by atoms with E-state index < -0.39 is 10.4 Å². The molecule has 0 amide bonds. The summed E-state index contributed by atoms with van der Waals surface area (Å²) in [6.45, 7) is 2.32. The summed E-state index contributed by atoms with van der Waals surface area (Å²) in [5.74, 6) is 0. The molecule has 0 saturated carbocycles. The van der Waals surface area contributed by atoms with Gasteiger partial charge in [0, 0.05) is 0 Å². The number of hydrogen-bond donors (Lipinski definition) is 1. The van der Waals surface area contributed by atoms with Crippen LogP contribution in [0.25, 0.3) is 0 Å². The SMILES string of the molecule is CCCCCCCC/C=C/CCCCCCOS(=O)(=O)O. The van der Waals surface area contributed by atoms with Crippen LogP contribution in [0.2, 0.25) is 0 Å². The highest BCUT2D eigenvalue weighted by molar-refractivity contribution is 7.80. The fourth-order valence-corrected chi connectivity index (χ4v) is 2.49. The molecule has 0 unspecified atom stereocenters. The van der Waals surface area contributed by atoms with Crippen molar-refractivity contribution in [1.29, 1.82) is 0 Å². The Hall–Kier alpha value is -0.390. The van der Waals surface area contributed by atoms with Gasteiger partial charge in [-0.15, -0.1) is 0 Å². The molecule has 0 aliphatic rings. The minimum absolute atomic E-state index is 0.0761. The van der Waals surface area contributed by atoms with E-state index in [2.05, 4.69) is 23.3 Å². The highest BCUT2D eigenvalue weighted by atomic mass is 32.3. The van der Waals surface area contributed by atoms with Gasteiger partial charge in [-0.2, -0.15) is 8.42 Å². The third-order valence-electron chi connectivity index (χ3n) is 3.39. The van der Waals surface area contributed by atoms with Gasteiger partial charge in [-0.1, -0.05) is 64.0 Å². The summed E-state index contributed by atoms with van der Waals surface area (Å²) in [5.41, 5.74) is 0. The maximum Gasteiger partial charge on any atom is 0.397 e. The van der Waals surface area contributed by atoms with E-state index in [1.807, 2.05) is 0 Å². The normalized spacial score (nSPS) is 12.3. The lowest BCUT2D eigenvalue weighted by Crippen LogP contribution is -2.04. The Morgan fingerprint density at radius 1 is 0.810 bits per heavy atom. The molecule has 126 valence electrons. The topological polar surface area (TPSA) is 63.6 Å². The minimum Gasteiger partial charge on any atom is -0.264 e. The molecule has 0 aromatic rings. The van der Waals surface area contributed by atoms with E-state index >= 15 is 0 Å². The molecule has 0 aromatic carbocycles. The molecule has 5 heteroatoms. The Morgan fingerprint density at radius 2 is 1.29 bits per heavy atom. The fourth-order valence-electron chi connectivity index (χ4n) is 2.16. The predicted molar refractivity (Wildman–Crippen MR) is 87.7 cm³/mol. The average Bonchev–Trinajstić information content (AvgIpc) is 2.42. The molecule has 0 spiro atoms. The first-order valence-electron chi connectivity index (χ1n) is 8.33. The number of rotatable bonds is 15. The molecule has 0 radical (unpaired) electrons. The largest absolute Gasteiger partial charge is 0.397 e. The van der Waals surface area contributed by atoms with Crippen molar-refractivity contribution in [2.45, 2.75) is 84.0 Å². The van der Waals surface area contributed by atoms with Crippen molar-refractivity contribution in [3.8, 4) is 0 Å². The molecular weight excluding hydrogens is 288 g/mol. The van der Waals surface area contributed by atoms with E-state index in [0.29, 0.717) is 6.42 Å². The van der Waals surface area contributed by atoms with E-state index in [9.17, 15) is 8.42 Å². The Balaban J connectivity index is 3.15. The van der Waals surface area contributed by atoms with Gasteiger partial charge < -0.3 is 0 Å². The van der Waals surface area contributed by atoms with Crippen molar-refractivity contribution >= 4 is 10.4 Å². The van der Waals surface area contributed by atoms with E-state index in [1.165, 1.54) is 44.9 Å². The van der Waals surface area contributed by atoms with Gasteiger partial charge in [0.15, 0.2) is 0 Å². The first-order valence-corrected chi connectivity index (χ1v) is 9.69. The molecule has 21 heavy (non-hydrogen) atoms. The van der Waals surface area contributed by atoms with Crippen molar-refractivity contribution in [3.63, 3.8) is 0 Å². The molecule has 1 N–H and O–H groups in total. The highest BCUT2D eigenvalue weighted by Crippen LogP contribution is 2.08. The number of allylic oxidation sites excluding steroid dienone is 2. The van der Waals surface area contributed by atoms with Gasteiger partial charge in [-0.3, -0.25) is 4.55 Å². The highest BCUT2D eigenvalue weighted by Gasteiger charge is 2.02. The molecule has 0 atom stereocenters. The van der Waals surface area contributed by atoms with Crippen molar-refractivity contribution in [3.05, 3.63) is 12.2 Å². The molecular formula is C16H32O4S. The van der Waals surface area contributed by atoms with Crippen molar-refractivity contribution < 1.29 is 17.2 Å². The van der Waals surface area contributed by atoms with Crippen LogP contribution in [-0.4, -0.2) is 19.6 Å². The van der Waals surface area contributed by atoms with Crippen LogP contribution in [0.1, 0.15) is 84.0 Å². The Morgan fingerprint density at radius 3 is 1.81 bits per heavy atom. The van der Waals surface area contributed by atoms with Crippen LogP contribution >= 0.6 is 0 Å². The molecule has 0 rings (SSSR count). The van der Waals surface area contributed by atoms with Gasteiger partial charge in [0.25, 0.3) is 0 Å². The second kappa shape index (κ2) is 14.5. The summed E-state index contributed by atoms with van der Waals surface area (Å²) < 4.78 is 33.2. The number of hydrogen-bond acceptors (Lipinski definition) is 3. The minimum atomic E-state index is -4.25. The van der Waals surface area contributed by atoms with Gasteiger partial charge in [0.1, 0.15) is 0 Å². The Labute approximate surface area is 130 Å². The fraction of sp³-hybridized carbons (Fsp3) is 0.875. The zero-order valence-corrected chi connectivity index (χ0v) is 14.2. The van der Waals surface area contributed by atoms with Crippen LogP contribution in [0.5, 0.6) is 0 Å².